The van der Waals surface area contributed by atoms with Crippen LogP contribution < -0.4 is 0 Å². The molecule has 4 heteroatoms. The van der Waals surface area contributed by atoms with Crippen LogP contribution in [0.1, 0.15) is 41.4 Å². The van der Waals surface area contributed by atoms with Gasteiger partial charge in [0.1, 0.15) is 0 Å². The third kappa shape index (κ3) is 4.66. The average Bonchev–Trinajstić information content (AvgIpc) is 2.62. The van der Waals surface area contributed by atoms with Crippen LogP contribution in [0.5, 0.6) is 0 Å². The highest BCUT2D eigenvalue weighted by Crippen LogP contribution is 2.21. The molecular formula is C20H25NO3. The first kappa shape index (κ1) is 18.2. The summed E-state index contributed by atoms with van der Waals surface area (Å²) in [6.45, 7) is 4.86. The van der Waals surface area contributed by atoms with E-state index in [-0.39, 0.29) is 12.0 Å². The van der Waals surface area contributed by atoms with E-state index in [9.17, 15) is 9.90 Å². The fraction of sp³-hybridized carbons (Fsp3) is 0.350. The lowest BCUT2D eigenvalue weighted by Crippen LogP contribution is -2.33. The fourth-order valence-corrected chi connectivity index (χ4v) is 2.56. The summed E-state index contributed by atoms with van der Waals surface area (Å²) < 4.78 is 4.99. The van der Waals surface area contributed by atoms with Crippen molar-refractivity contribution in [3.05, 3.63) is 71.3 Å². The maximum atomic E-state index is 11.7. The number of aliphatic hydroxyl groups is 1. The van der Waals surface area contributed by atoms with Gasteiger partial charge in [0.25, 0.3) is 0 Å². The Morgan fingerprint density at radius 1 is 1.12 bits per heavy atom. The maximum Gasteiger partial charge on any atom is 0.338 e. The van der Waals surface area contributed by atoms with Crippen molar-refractivity contribution in [1.82, 2.24) is 4.90 Å². The number of likely N-dealkylation sites (N-methyl/N-ethyl adjacent to an activating group) is 1. The molecule has 0 saturated heterocycles. The minimum atomic E-state index is -0.546. The minimum absolute atomic E-state index is 0.0304. The molecule has 0 saturated carbocycles. The summed E-state index contributed by atoms with van der Waals surface area (Å²) in [5.74, 6) is -0.301. The van der Waals surface area contributed by atoms with Crippen molar-refractivity contribution in [2.45, 2.75) is 32.5 Å². The van der Waals surface area contributed by atoms with Crippen LogP contribution in [0.25, 0.3) is 0 Å². The first-order chi connectivity index (χ1) is 11.5. The zero-order chi connectivity index (χ0) is 17.5. The fourth-order valence-electron chi connectivity index (χ4n) is 2.56. The van der Waals surface area contributed by atoms with Crippen molar-refractivity contribution in [2.24, 2.45) is 0 Å². The van der Waals surface area contributed by atoms with Gasteiger partial charge < -0.3 is 9.84 Å². The monoisotopic (exact) mass is 327 g/mol. The topological polar surface area (TPSA) is 49.8 Å². The van der Waals surface area contributed by atoms with Crippen LogP contribution in [0.3, 0.4) is 0 Å². The number of rotatable bonds is 7. The summed E-state index contributed by atoms with van der Waals surface area (Å²) in [5, 5.41) is 10.5. The molecule has 4 nitrogen and oxygen atoms in total. The molecule has 0 radical (unpaired) electrons. The second-order valence-corrected chi connectivity index (χ2v) is 5.93. The number of benzene rings is 2. The van der Waals surface area contributed by atoms with E-state index in [0.717, 1.165) is 11.1 Å². The van der Waals surface area contributed by atoms with Gasteiger partial charge in [0.05, 0.1) is 18.3 Å². The molecule has 0 aromatic heterocycles. The number of hydrogen-bond acceptors (Lipinski definition) is 4. The van der Waals surface area contributed by atoms with E-state index in [1.54, 1.807) is 19.1 Å². The van der Waals surface area contributed by atoms with Gasteiger partial charge >= 0.3 is 5.97 Å². The van der Waals surface area contributed by atoms with E-state index in [4.69, 9.17) is 4.74 Å². The highest BCUT2D eigenvalue weighted by Gasteiger charge is 2.20. The molecule has 0 bridgehead atoms. The van der Waals surface area contributed by atoms with Gasteiger partial charge in [0, 0.05) is 12.6 Å². The summed E-state index contributed by atoms with van der Waals surface area (Å²) in [4.78, 5) is 13.8. The van der Waals surface area contributed by atoms with Gasteiger partial charge in [-0.25, -0.2) is 4.79 Å². The third-order valence-corrected chi connectivity index (χ3v) is 4.19. The van der Waals surface area contributed by atoms with Gasteiger partial charge in [-0.2, -0.15) is 0 Å². The average molecular weight is 327 g/mol. The lowest BCUT2D eigenvalue weighted by atomic mass is 10.0. The molecular weight excluding hydrogens is 302 g/mol. The lowest BCUT2D eigenvalue weighted by Gasteiger charge is -2.29. The van der Waals surface area contributed by atoms with Crippen molar-refractivity contribution < 1.29 is 14.6 Å². The molecule has 2 aromatic rings. The van der Waals surface area contributed by atoms with Crippen LogP contribution in [-0.4, -0.2) is 35.7 Å². The van der Waals surface area contributed by atoms with E-state index in [1.165, 1.54) is 0 Å². The highest BCUT2D eigenvalue weighted by molar-refractivity contribution is 5.89. The quantitative estimate of drug-likeness (QED) is 0.792. The van der Waals surface area contributed by atoms with E-state index in [2.05, 4.69) is 4.90 Å². The Labute approximate surface area is 143 Å². The molecule has 0 heterocycles. The number of carbonyl (C=O) groups excluding carboxylic acids is 1. The Bertz CT molecular complexity index is 640. The van der Waals surface area contributed by atoms with Crippen LogP contribution in [-0.2, 0) is 11.3 Å². The normalized spacial score (nSPS) is 13.5. The summed E-state index contributed by atoms with van der Waals surface area (Å²) in [6.07, 6.45) is -0.546. The number of carbonyl (C=O) groups is 1. The van der Waals surface area contributed by atoms with Crippen LogP contribution in [0.15, 0.2) is 54.6 Å². The summed E-state index contributed by atoms with van der Waals surface area (Å²) in [5.41, 5.74) is 2.55. The number of esters is 1. The molecule has 2 rings (SSSR count). The number of nitrogens with zero attached hydrogens (tertiary/aromatic N) is 1. The van der Waals surface area contributed by atoms with Crippen molar-refractivity contribution in [2.75, 3.05) is 13.7 Å². The Hall–Kier alpha value is -2.17. The lowest BCUT2D eigenvalue weighted by molar-refractivity contribution is 0.0526. The van der Waals surface area contributed by atoms with Crippen LogP contribution in [0.4, 0.5) is 0 Å². The predicted octanol–water partition coefficient (Wildman–Crippen LogP) is 3.42. The molecule has 1 N–H and O–H groups in total. The molecule has 0 aliphatic carbocycles. The van der Waals surface area contributed by atoms with Gasteiger partial charge in [-0.15, -0.1) is 0 Å². The predicted molar refractivity (Wildman–Crippen MR) is 94.7 cm³/mol. The second-order valence-electron chi connectivity index (χ2n) is 5.93. The zero-order valence-electron chi connectivity index (χ0n) is 14.5. The van der Waals surface area contributed by atoms with Crippen LogP contribution in [0, 0.1) is 0 Å². The van der Waals surface area contributed by atoms with Gasteiger partial charge in [-0.3, -0.25) is 4.90 Å². The number of ether oxygens (including phenoxy) is 1. The van der Waals surface area contributed by atoms with Crippen molar-refractivity contribution in [3.8, 4) is 0 Å². The van der Waals surface area contributed by atoms with Gasteiger partial charge in [0.2, 0.25) is 0 Å². The molecule has 24 heavy (non-hydrogen) atoms. The molecule has 2 atom stereocenters. The van der Waals surface area contributed by atoms with E-state index >= 15 is 0 Å². The molecule has 0 spiro atoms. The van der Waals surface area contributed by atoms with Gasteiger partial charge in [-0.05, 0) is 44.2 Å². The van der Waals surface area contributed by atoms with Crippen LogP contribution in [0.2, 0.25) is 0 Å². The summed E-state index contributed by atoms with van der Waals surface area (Å²) in [6, 6.07) is 17.0. The molecule has 0 aliphatic rings. The van der Waals surface area contributed by atoms with E-state index < -0.39 is 6.10 Å². The van der Waals surface area contributed by atoms with Gasteiger partial charge in [0.15, 0.2) is 0 Å². The maximum absolute atomic E-state index is 11.7. The molecule has 0 aliphatic heterocycles. The molecule has 2 aromatic carbocycles. The number of hydrogen-bond donors (Lipinski definition) is 1. The SMILES string of the molecule is CCOC(=O)c1ccc(CN(C)[C@H](C)[C@@H](O)c2ccccc2)cc1. The van der Waals surface area contributed by atoms with E-state index in [1.807, 2.05) is 56.4 Å². The number of aliphatic hydroxyl groups excluding tert-OH is 1. The van der Waals surface area contributed by atoms with Gasteiger partial charge in [-0.1, -0.05) is 42.5 Å². The molecule has 128 valence electrons. The minimum Gasteiger partial charge on any atom is -0.462 e. The standard InChI is InChI=1S/C20H25NO3/c1-4-24-20(23)18-12-10-16(11-13-18)14-21(3)15(2)19(22)17-8-6-5-7-9-17/h5-13,15,19,22H,4,14H2,1-3H3/t15-,19-/m1/s1. The Kier molecular flexibility index (Phi) is 6.53. The Balaban J connectivity index is 1.98. The van der Waals surface area contributed by atoms with Crippen molar-refractivity contribution in [3.63, 3.8) is 0 Å². The van der Waals surface area contributed by atoms with Crippen molar-refractivity contribution in [1.29, 1.82) is 0 Å². The molecule has 0 amide bonds. The highest BCUT2D eigenvalue weighted by atomic mass is 16.5. The Morgan fingerprint density at radius 3 is 2.33 bits per heavy atom. The Morgan fingerprint density at radius 2 is 1.75 bits per heavy atom. The van der Waals surface area contributed by atoms with Crippen LogP contribution >= 0.6 is 0 Å². The second kappa shape index (κ2) is 8.62. The third-order valence-electron chi connectivity index (χ3n) is 4.19. The smallest absolute Gasteiger partial charge is 0.338 e. The largest absolute Gasteiger partial charge is 0.462 e. The molecule has 0 unspecified atom stereocenters. The first-order valence-electron chi connectivity index (χ1n) is 8.22. The van der Waals surface area contributed by atoms with E-state index in [0.29, 0.717) is 18.7 Å². The first-order valence-corrected chi connectivity index (χ1v) is 8.22. The van der Waals surface area contributed by atoms with Crippen molar-refractivity contribution >= 4 is 5.97 Å². The summed E-state index contributed by atoms with van der Waals surface area (Å²) >= 11 is 0. The molecule has 0 fully saturated rings. The summed E-state index contributed by atoms with van der Waals surface area (Å²) in [7, 11) is 1.98. The zero-order valence-corrected chi connectivity index (χ0v) is 14.5.